The van der Waals surface area contributed by atoms with Crippen LogP contribution in [-0.2, 0) is 9.53 Å². The number of methoxy groups -OCH3 is 1. The van der Waals surface area contributed by atoms with E-state index < -0.39 is 0 Å². The highest BCUT2D eigenvalue weighted by molar-refractivity contribution is 5.69. The van der Waals surface area contributed by atoms with Gasteiger partial charge in [-0.3, -0.25) is 4.79 Å². The summed E-state index contributed by atoms with van der Waals surface area (Å²) in [6.07, 6.45) is 2.48. The van der Waals surface area contributed by atoms with Crippen LogP contribution in [0, 0.1) is 5.92 Å². The van der Waals surface area contributed by atoms with E-state index in [0.717, 1.165) is 12.8 Å². The van der Waals surface area contributed by atoms with E-state index in [2.05, 4.69) is 23.9 Å². The molecule has 13 heavy (non-hydrogen) atoms. The zero-order valence-electron chi connectivity index (χ0n) is 9.09. The number of ether oxygens (including phenoxy) is 1. The number of nitrogens with one attached hydrogen (secondary N) is 1. The second-order valence-electron chi connectivity index (χ2n) is 3.73. The Hall–Kier alpha value is -0.570. The van der Waals surface area contributed by atoms with Gasteiger partial charge in [0.15, 0.2) is 0 Å². The summed E-state index contributed by atoms with van der Waals surface area (Å²) >= 11 is 0. The summed E-state index contributed by atoms with van der Waals surface area (Å²) in [5.74, 6) is 0.541. The SMILES string of the molecule is CNC(CCC(=O)OC)CC(C)C. The average Bonchev–Trinajstić information content (AvgIpc) is 2.10. The van der Waals surface area contributed by atoms with Gasteiger partial charge in [0.1, 0.15) is 0 Å². The minimum Gasteiger partial charge on any atom is -0.469 e. The minimum absolute atomic E-state index is 0.121. The Labute approximate surface area is 80.8 Å². The van der Waals surface area contributed by atoms with Crippen molar-refractivity contribution in [3.05, 3.63) is 0 Å². The Morgan fingerprint density at radius 1 is 1.46 bits per heavy atom. The van der Waals surface area contributed by atoms with Crippen molar-refractivity contribution < 1.29 is 9.53 Å². The molecule has 0 aliphatic heterocycles. The third kappa shape index (κ3) is 6.58. The highest BCUT2D eigenvalue weighted by Crippen LogP contribution is 2.09. The van der Waals surface area contributed by atoms with E-state index in [0.29, 0.717) is 18.4 Å². The van der Waals surface area contributed by atoms with Gasteiger partial charge in [-0.2, -0.15) is 0 Å². The summed E-state index contributed by atoms with van der Waals surface area (Å²) in [5.41, 5.74) is 0. The van der Waals surface area contributed by atoms with Crippen molar-refractivity contribution in [3.8, 4) is 0 Å². The molecule has 0 saturated carbocycles. The molecule has 1 N–H and O–H groups in total. The number of carbonyl (C=O) groups is 1. The number of hydrogen-bond donors (Lipinski definition) is 1. The molecular formula is C10H21NO2. The maximum Gasteiger partial charge on any atom is 0.305 e. The van der Waals surface area contributed by atoms with Gasteiger partial charge in [-0.05, 0) is 25.8 Å². The summed E-state index contributed by atoms with van der Waals surface area (Å²) in [7, 11) is 3.36. The molecule has 1 atom stereocenters. The van der Waals surface area contributed by atoms with Gasteiger partial charge in [-0.25, -0.2) is 0 Å². The highest BCUT2D eigenvalue weighted by atomic mass is 16.5. The molecule has 0 fully saturated rings. The van der Waals surface area contributed by atoms with Crippen molar-refractivity contribution in [3.63, 3.8) is 0 Å². The zero-order valence-corrected chi connectivity index (χ0v) is 9.09. The van der Waals surface area contributed by atoms with Crippen LogP contribution in [0.3, 0.4) is 0 Å². The molecule has 0 saturated heterocycles. The molecule has 0 rings (SSSR count). The van der Waals surface area contributed by atoms with Gasteiger partial charge < -0.3 is 10.1 Å². The largest absolute Gasteiger partial charge is 0.469 e. The normalized spacial score (nSPS) is 13.0. The molecule has 78 valence electrons. The Morgan fingerprint density at radius 3 is 2.46 bits per heavy atom. The molecule has 0 aromatic heterocycles. The molecule has 0 aliphatic carbocycles. The quantitative estimate of drug-likeness (QED) is 0.641. The molecule has 0 spiro atoms. The summed E-state index contributed by atoms with van der Waals surface area (Å²) in [5, 5.41) is 3.21. The second kappa shape index (κ2) is 6.89. The van der Waals surface area contributed by atoms with E-state index in [1.54, 1.807) is 0 Å². The van der Waals surface area contributed by atoms with Crippen molar-refractivity contribution in [2.75, 3.05) is 14.2 Å². The van der Waals surface area contributed by atoms with Crippen molar-refractivity contribution in [2.45, 2.75) is 39.2 Å². The van der Waals surface area contributed by atoms with Gasteiger partial charge in [0.25, 0.3) is 0 Å². The van der Waals surface area contributed by atoms with E-state index in [9.17, 15) is 4.79 Å². The van der Waals surface area contributed by atoms with E-state index in [1.165, 1.54) is 7.11 Å². The van der Waals surface area contributed by atoms with Crippen molar-refractivity contribution in [2.24, 2.45) is 5.92 Å². The first-order valence-corrected chi connectivity index (χ1v) is 4.84. The van der Waals surface area contributed by atoms with Crippen LogP contribution >= 0.6 is 0 Å². The molecule has 0 heterocycles. The second-order valence-corrected chi connectivity index (χ2v) is 3.73. The van der Waals surface area contributed by atoms with Crippen molar-refractivity contribution >= 4 is 5.97 Å². The predicted molar refractivity (Wildman–Crippen MR) is 53.6 cm³/mol. The lowest BCUT2D eigenvalue weighted by Crippen LogP contribution is -2.27. The van der Waals surface area contributed by atoms with Crippen LogP contribution in [-0.4, -0.2) is 26.2 Å². The van der Waals surface area contributed by atoms with E-state index in [4.69, 9.17) is 0 Å². The van der Waals surface area contributed by atoms with Gasteiger partial charge in [-0.1, -0.05) is 13.8 Å². The molecule has 3 nitrogen and oxygen atoms in total. The fourth-order valence-electron chi connectivity index (χ4n) is 1.34. The first-order chi connectivity index (χ1) is 6.10. The van der Waals surface area contributed by atoms with Crippen LogP contribution in [0.1, 0.15) is 33.1 Å². The van der Waals surface area contributed by atoms with Gasteiger partial charge in [0.05, 0.1) is 7.11 Å². The van der Waals surface area contributed by atoms with E-state index in [1.807, 2.05) is 7.05 Å². The summed E-state index contributed by atoms with van der Waals surface area (Å²) in [6.45, 7) is 4.37. The Balaban J connectivity index is 3.65. The van der Waals surface area contributed by atoms with Crippen LogP contribution in [0.15, 0.2) is 0 Å². The number of hydrogen-bond acceptors (Lipinski definition) is 3. The van der Waals surface area contributed by atoms with Gasteiger partial charge in [-0.15, -0.1) is 0 Å². The lowest BCUT2D eigenvalue weighted by molar-refractivity contribution is -0.140. The summed E-state index contributed by atoms with van der Waals surface area (Å²) in [6, 6.07) is 0.430. The topological polar surface area (TPSA) is 38.3 Å². The Kier molecular flexibility index (Phi) is 6.59. The molecule has 0 aromatic carbocycles. The lowest BCUT2D eigenvalue weighted by Gasteiger charge is -2.17. The third-order valence-corrected chi connectivity index (χ3v) is 2.09. The fraction of sp³-hybridized carbons (Fsp3) is 0.900. The van der Waals surface area contributed by atoms with Crippen molar-refractivity contribution in [1.82, 2.24) is 5.32 Å². The Bertz CT molecular complexity index is 146. The Morgan fingerprint density at radius 2 is 2.08 bits per heavy atom. The smallest absolute Gasteiger partial charge is 0.305 e. The maximum absolute atomic E-state index is 10.9. The third-order valence-electron chi connectivity index (χ3n) is 2.09. The van der Waals surface area contributed by atoms with Crippen LogP contribution in [0.25, 0.3) is 0 Å². The van der Waals surface area contributed by atoms with Crippen LogP contribution in [0.5, 0.6) is 0 Å². The first-order valence-electron chi connectivity index (χ1n) is 4.84. The van der Waals surface area contributed by atoms with Gasteiger partial charge >= 0.3 is 5.97 Å². The molecular weight excluding hydrogens is 166 g/mol. The van der Waals surface area contributed by atoms with Crippen LogP contribution in [0.2, 0.25) is 0 Å². The number of carbonyl (C=O) groups excluding carboxylic acids is 1. The predicted octanol–water partition coefficient (Wildman–Crippen LogP) is 1.57. The highest BCUT2D eigenvalue weighted by Gasteiger charge is 2.10. The monoisotopic (exact) mass is 187 g/mol. The molecule has 0 aromatic rings. The van der Waals surface area contributed by atoms with Gasteiger partial charge in [0, 0.05) is 12.5 Å². The van der Waals surface area contributed by atoms with E-state index in [-0.39, 0.29) is 5.97 Å². The summed E-state index contributed by atoms with van der Waals surface area (Å²) < 4.78 is 4.58. The molecule has 1 unspecified atom stereocenters. The zero-order chi connectivity index (χ0) is 10.3. The molecule has 3 heteroatoms. The summed E-state index contributed by atoms with van der Waals surface area (Å²) in [4.78, 5) is 10.9. The average molecular weight is 187 g/mol. The van der Waals surface area contributed by atoms with Crippen LogP contribution < -0.4 is 5.32 Å². The molecule has 0 bridgehead atoms. The number of esters is 1. The minimum atomic E-state index is -0.121. The molecule has 0 radical (unpaired) electrons. The lowest BCUT2D eigenvalue weighted by atomic mass is 10.00. The standard InChI is InChI=1S/C10H21NO2/c1-8(2)7-9(11-3)5-6-10(12)13-4/h8-9,11H,5-7H2,1-4H3. The van der Waals surface area contributed by atoms with Crippen LogP contribution in [0.4, 0.5) is 0 Å². The molecule has 0 amide bonds. The number of rotatable bonds is 6. The first kappa shape index (κ1) is 12.4. The van der Waals surface area contributed by atoms with Crippen molar-refractivity contribution in [1.29, 1.82) is 0 Å². The maximum atomic E-state index is 10.9. The van der Waals surface area contributed by atoms with E-state index >= 15 is 0 Å². The fourth-order valence-corrected chi connectivity index (χ4v) is 1.34. The molecule has 0 aliphatic rings. The van der Waals surface area contributed by atoms with Gasteiger partial charge in [0.2, 0.25) is 0 Å².